The molecule has 0 spiro atoms. The molecule has 0 radical (unpaired) electrons. The highest BCUT2D eigenvalue weighted by molar-refractivity contribution is 5.82. The van der Waals surface area contributed by atoms with Gasteiger partial charge >= 0.3 is 0 Å². The fourth-order valence-corrected chi connectivity index (χ4v) is 2.06. The Bertz CT molecular complexity index is 225. The molecule has 2 atom stereocenters. The SMILES string of the molecule is CC1CCOC1C(=O)N1CC(CO)C1. The number of likely N-dealkylation sites (tertiary alicyclic amines) is 1. The average Bonchev–Trinajstić information content (AvgIpc) is 2.49. The van der Waals surface area contributed by atoms with E-state index in [1.54, 1.807) is 4.90 Å². The van der Waals surface area contributed by atoms with Crippen LogP contribution in [0.15, 0.2) is 0 Å². The molecule has 2 saturated heterocycles. The van der Waals surface area contributed by atoms with Gasteiger partial charge in [0.25, 0.3) is 5.91 Å². The fraction of sp³-hybridized carbons (Fsp3) is 0.900. The fourth-order valence-electron chi connectivity index (χ4n) is 2.06. The summed E-state index contributed by atoms with van der Waals surface area (Å²) in [7, 11) is 0. The molecule has 2 fully saturated rings. The van der Waals surface area contributed by atoms with Gasteiger partial charge in [-0.1, -0.05) is 6.92 Å². The minimum absolute atomic E-state index is 0.111. The van der Waals surface area contributed by atoms with Gasteiger partial charge in [0.2, 0.25) is 0 Å². The van der Waals surface area contributed by atoms with Gasteiger partial charge < -0.3 is 14.7 Å². The van der Waals surface area contributed by atoms with E-state index in [9.17, 15) is 4.79 Å². The van der Waals surface area contributed by atoms with Crippen LogP contribution in [0.3, 0.4) is 0 Å². The Hall–Kier alpha value is -0.610. The Morgan fingerprint density at radius 3 is 2.79 bits per heavy atom. The summed E-state index contributed by atoms with van der Waals surface area (Å²) in [6.07, 6.45) is 0.753. The lowest BCUT2D eigenvalue weighted by atomic mass is 9.97. The smallest absolute Gasteiger partial charge is 0.252 e. The van der Waals surface area contributed by atoms with Crippen molar-refractivity contribution in [3.05, 3.63) is 0 Å². The molecule has 2 unspecified atom stereocenters. The van der Waals surface area contributed by atoms with Crippen molar-refractivity contribution in [1.82, 2.24) is 4.90 Å². The van der Waals surface area contributed by atoms with Gasteiger partial charge in [0.1, 0.15) is 6.10 Å². The van der Waals surface area contributed by atoms with E-state index in [1.165, 1.54) is 0 Å². The molecule has 1 amide bonds. The van der Waals surface area contributed by atoms with Gasteiger partial charge in [-0.15, -0.1) is 0 Å². The van der Waals surface area contributed by atoms with E-state index in [-0.39, 0.29) is 24.5 Å². The number of carbonyl (C=O) groups excluding carboxylic acids is 1. The minimum atomic E-state index is -0.227. The first-order valence-electron chi connectivity index (χ1n) is 5.23. The summed E-state index contributed by atoms with van der Waals surface area (Å²) in [5.41, 5.74) is 0. The van der Waals surface area contributed by atoms with Crippen molar-refractivity contribution in [2.45, 2.75) is 19.4 Å². The quantitative estimate of drug-likeness (QED) is 0.673. The number of nitrogens with zero attached hydrogens (tertiary/aromatic N) is 1. The van der Waals surface area contributed by atoms with Gasteiger partial charge in [0, 0.05) is 32.2 Å². The maximum Gasteiger partial charge on any atom is 0.252 e. The number of rotatable bonds is 2. The molecule has 2 heterocycles. The molecular weight excluding hydrogens is 182 g/mol. The second kappa shape index (κ2) is 3.87. The summed E-state index contributed by atoms with van der Waals surface area (Å²) in [5, 5.41) is 8.83. The highest BCUT2D eigenvalue weighted by atomic mass is 16.5. The van der Waals surface area contributed by atoms with E-state index in [4.69, 9.17) is 9.84 Å². The monoisotopic (exact) mass is 199 g/mol. The van der Waals surface area contributed by atoms with Crippen LogP contribution in [-0.4, -0.2) is 48.3 Å². The lowest BCUT2D eigenvalue weighted by Crippen LogP contribution is -2.55. The zero-order valence-electron chi connectivity index (χ0n) is 8.48. The summed E-state index contributed by atoms with van der Waals surface area (Å²) in [5.74, 6) is 0.742. The van der Waals surface area contributed by atoms with E-state index in [0.29, 0.717) is 25.6 Å². The second-order valence-electron chi connectivity index (χ2n) is 4.35. The minimum Gasteiger partial charge on any atom is -0.396 e. The van der Waals surface area contributed by atoms with Gasteiger partial charge in [0.05, 0.1) is 0 Å². The van der Waals surface area contributed by atoms with Crippen LogP contribution in [0.25, 0.3) is 0 Å². The predicted octanol–water partition coefficient (Wildman–Crippen LogP) is -0.138. The highest BCUT2D eigenvalue weighted by Gasteiger charge is 2.38. The van der Waals surface area contributed by atoms with Gasteiger partial charge in [-0.3, -0.25) is 4.79 Å². The van der Waals surface area contributed by atoms with Gasteiger partial charge in [-0.05, 0) is 12.3 Å². The van der Waals surface area contributed by atoms with Crippen molar-refractivity contribution in [2.75, 3.05) is 26.3 Å². The van der Waals surface area contributed by atoms with E-state index in [0.717, 1.165) is 6.42 Å². The first-order valence-corrected chi connectivity index (χ1v) is 5.23. The average molecular weight is 199 g/mol. The maximum atomic E-state index is 11.8. The molecule has 0 aromatic heterocycles. The Balaban J connectivity index is 1.84. The molecule has 2 aliphatic heterocycles. The molecule has 80 valence electrons. The Morgan fingerprint density at radius 2 is 2.29 bits per heavy atom. The van der Waals surface area contributed by atoms with Crippen LogP contribution in [0.4, 0.5) is 0 Å². The highest BCUT2D eigenvalue weighted by Crippen LogP contribution is 2.25. The largest absolute Gasteiger partial charge is 0.396 e. The zero-order chi connectivity index (χ0) is 10.1. The molecule has 4 nitrogen and oxygen atoms in total. The molecule has 2 aliphatic rings. The Morgan fingerprint density at radius 1 is 1.57 bits per heavy atom. The summed E-state index contributed by atoms with van der Waals surface area (Å²) in [6, 6.07) is 0. The maximum absolute atomic E-state index is 11.8. The molecule has 0 aliphatic carbocycles. The van der Waals surface area contributed by atoms with E-state index in [2.05, 4.69) is 6.92 Å². The standard InChI is InChI=1S/C10H17NO3/c1-7-2-3-14-9(7)10(13)11-4-8(5-11)6-12/h7-9,12H,2-6H2,1H3. The number of amides is 1. The van der Waals surface area contributed by atoms with Crippen LogP contribution in [0, 0.1) is 11.8 Å². The topological polar surface area (TPSA) is 49.8 Å². The molecule has 0 aromatic rings. The van der Waals surface area contributed by atoms with Crippen LogP contribution in [-0.2, 0) is 9.53 Å². The van der Waals surface area contributed by atoms with Crippen molar-refractivity contribution in [2.24, 2.45) is 11.8 Å². The third kappa shape index (κ3) is 1.64. The molecular formula is C10H17NO3. The van der Waals surface area contributed by atoms with E-state index >= 15 is 0 Å². The molecule has 2 rings (SSSR count). The van der Waals surface area contributed by atoms with Crippen molar-refractivity contribution in [1.29, 1.82) is 0 Å². The predicted molar refractivity (Wildman–Crippen MR) is 50.7 cm³/mol. The van der Waals surface area contributed by atoms with Crippen LogP contribution >= 0.6 is 0 Å². The molecule has 0 saturated carbocycles. The first-order chi connectivity index (χ1) is 6.72. The number of aliphatic hydroxyl groups is 1. The Labute approximate surface area is 83.8 Å². The van der Waals surface area contributed by atoms with Crippen molar-refractivity contribution < 1.29 is 14.6 Å². The molecule has 0 aromatic carbocycles. The zero-order valence-corrected chi connectivity index (χ0v) is 8.48. The number of ether oxygens (including phenoxy) is 1. The van der Waals surface area contributed by atoms with E-state index in [1.807, 2.05) is 0 Å². The number of carbonyl (C=O) groups is 1. The molecule has 0 bridgehead atoms. The summed E-state index contributed by atoms with van der Waals surface area (Å²) < 4.78 is 5.40. The van der Waals surface area contributed by atoms with Crippen LogP contribution in [0.5, 0.6) is 0 Å². The third-order valence-corrected chi connectivity index (χ3v) is 3.16. The summed E-state index contributed by atoms with van der Waals surface area (Å²) in [4.78, 5) is 13.6. The van der Waals surface area contributed by atoms with Crippen LogP contribution < -0.4 is 0 Å². The normalized spacial score (nSPS) is 33.1. The van der Waals surface area contributed by atoms with Gasteiger partial charge in [-0.25, -0.2) is 0 Å². The van der Waals surface area contributed by atoms with E-state index < -0.39 is 0 Å². The van der Waals surface area contributed by atoms with Crippen molar-refractivity contribution in [3.63, 3.8) is 0 Å². The molecule has 14 heavy (non-hydrogen) atoms. The molecule has 4 heteroatoms. The Kier molecular flexibility index (Phi) is 2.74. The van der Waals surface area contributed by atoms with Crippen molar-refractivity contribution in [3.8, 4) is 0 Å². The summed E-state index contributed by atoms with van der Waals surface area (Å²) >= 11 is 0. The summed E-state index contributed by atoms with van der Waals surface area (Å²) in [6.45, 7) is 4.34. The number of aliphatic hydroxyl groups excluding tert-OH is 1. The van der Waals surface area contributed by atoms with Gasteiger partial charge in [-0.2, -0.15) is 0 Å². The third-order valence-electron chi connectivity index (χ3n) is 3.16. The number of hydrogen-bond acceptors (Lipinski definition) is 3. The van der Waals surface area contributed by atoms with Gasteiger partial charge in [0.15, 0.2) is 0 Å². The lowest BCUT2D eigenvalue weighted by Gasteiger charge is -2.39. The van der Waals surface area contributed by atoms with Crippen LogP contribution in [0.1, 0.15) is 13.3 Å². The van der Waals surface area contributed by atoms with Crippen molar-refractivity contribution >= 4 is 5.91 Å². The van der Waals surface area contributed by atoms with Crippen LogP contribution in [0.2, 0.25) is 0 Å². The lowest BCUT2D eigenvalue weighted by molar-refractivity contribution is -0.149. The molecule has 1 N–H and O–H groups in total. The second-order valence-corrected chi connectivity index (χ2v) is 4.35. The first kappa shape index (κ1) is 9.93. The number of hydrogen-bond donors (Lipinski definition) is 1.